The minimum atomic E-state index is 0.0536. The number of hydrogen-bond acceptors (Lipinski definition) is 2. The van der Waals surface area contributed by atoms with Crippen LogP contribution < -0.4 is 0 Å². The third kappa shape index (κ3) is 3.28. The molecule has 1 aliphatic rings. The van der Waals surface area contributed by atoms with Crippen molar-refractivity contribution in [2.24, 2.45) is 0 Å². The van der Waals surface area contributed by atoms with Gasteiger partial charge in [0.25, 0.3) is 5.91 Å². The average molecular weight is 282 g/mol. The molecule has 3 nitrogen and oxygen atoms in total. The molecule has 0 bridgehead atoms. The van der Waals surface area contributed by atoms with E-state index in [9.17, 15) is 4.79 Å². The Balaban J connectivity index is 2.18. The Kier molecular flexibility index (Phi) is 4.83. The van der Waals surface area contributed by atoms with E-state index in [2.05, 4.69) is 0 Å². The van der Waals surface area contributed by atoms with Gasteiger partial charge in [0.05, 0.1) is 0 Å². The Labute approximate surface area is 119 Å². The zero-order valence-corrected chi connectivity index (χ0v) is 12.0. The maximum Gasteiger partial charge on any atom is 0.254 e. The van der Waals surface area contributed by atoms with Crippen molar-refractivity contribution in [3.63, 3.8) is 0 Å². The van der Waals surface area contributed by atoms with Crippen LogP contribution >= 0.6 is 11.6 Å². The first-order valence-electron chi connectivity index (χ1n) is 6.81. The summed E-state index contributed by atoms with van der Waals surface area (Å²) in [4.78, 5) is 14.5. The Bertz CT molecular complexity index is 459. The van der Waals surface area contributed by atoms with Crippen molar-refractivity contribution >= 4 is 17.5 Å². The number of aryl methyl sites for hydroxylation is 1. The first-order valence-corrected chi connectivity index (χ1v) is 7.19. The zero-order chi connectivity index (χ0) is 13.8. The molecule has 104 valence electrons. The monoisotopic (exact) mass is 281 g/mol. The number of amides is 1. The molecule has 2 rings (SSSR count). The number of halogens is 1. The first kappa shape index (κ1) is 14.4. The topological polar surface area (TPSA) is 40.5 Å². The van der Waals surface area contributed by atoms with Crippen LogP contribution in [0.15, 0.2) is 18.2 Å². The van der Waals surface area contributed by atoms with Crippen molar-refractivity contribution in [2.75, 3.05) is 13.2 Å². The van der Waals surface area contributed by atoms with Gasteiger partial charge in [-0.1, -0.05) is 11.6 Å². The highest BCUT2D eigenvalue weighted by molar-refractivity contribution is 6.31. The number of piperidine rings is 1. The maximum absolute atomic E-state index is 12.5. The molecule has 1 fully saturated rings. The SMILES string of the molecule is Cc1cc(C(=O)N2CCCCC2CCO)ccc1Cl. The second-order valence-electron chi connectivity index (χ2n) is 5.12. The summed E-state index contributed by atoms with van der Waals surface area (Å²) in [5.41, 5.74) is 1.61. The second-order valence-corrected chi connectivity index (χ2v) is 5.53. The molecule has 0 saturated carbocycles. The van der Waals surface area contributed by atoms with Gasteiger partial charge in [-0.05, 0) is 56.4 Å². The normalized spacial score (nSPS) is 19.5. The molecule has 1 saturated heterocycles. The largest absolute Gasteiger partial charge is 0.396 e. The predicted octanol–water partition coefficient (Wildman–Crippen LogP) is 3.03. The number of rotatable bonds is 3. The Hall–Kier alpha value is -1.06. The van der Waals surface area contributed by atoms with Crippen molar-refractivity contribution < 1.29 is 9.90 Å². The summed E-state index contributed by atoms with van der Waals surface area (Å²) >= 11 is 5.99. The molecule has 4 heteroatoms. The molecule has 1 N–H and O–H groups in total. The fourth-order valence-corrected chi connectivity index (χ4v) is 2.78. The lowest BCUT2D eigenvalue weighted by Gasteiger charge is -2.35. The van der Waals surface area contributed by atoms with E-state index in [0.29, 0.717) is 17.0 Å². The van der Waals surface area contributed by atoms with Crippen LogP contribution in [0, 0.1) is 6.92 Å². The third-order valence-corrected chi connectivity index (χ3v) is 4.18. The van der Waals surface area contributed by atoms with Crippen LogP contribution in [0.4, 0.5) is 0 Å². The highest BCUT2D eigenvalue weighted by Crippen LogP contribution is 2.23. The summed E-state index contributed by atoms with van der Waals surface area (Å²) in [6.45, 7) is 2.82. The quantitative estimate of drug-likeness (QED) is 0.925. The molecule has 0 aliphatic carbocycles. The number of aliphatic hydroxyl groups is 1. The average Bonchev–Trinajstić information content (AvgIpc) is 2.42. The van der Waals surface area contributed by atoms with E-state index in [-0.39, 0.29) is 18.6 Å². The van der Waals surface area contributed by atoms with Crippen LogP contribution in [-0.2, 0) is 0 Å². The van der Waals surface area contributed by atoms with E-state index in [0.717, 1.165) is 31.4 Å². The van der Waals surface area contributed by atoms with Crippen LogP contribution in [-0.4, -0.2) is 35.1 Å². The van der Waals surface area contributed by atoms with E-state index in [1.807, 2.05) is 17.9 Å². The standard InChI is InChI=1S/C15H20ClNO2/c1-11-10-12(5-6-14(11)16)15(19)17-8-3-2-4-13(17)7-9-18/h5-6,10,13,18H,2-4,7-9H2,1H3. The molecule has 1 amide bonds. The molecule has 19 heavy (non-hydrogen) atoms. The molecule has 1 aromatic carbocycles. The van der Waals surface area contributed by atoms with Crippen LogP contribution in [0.3, 0.4) is 0 Å². The van der Waals surface area contributed by atoms with E-state index in [1.54, 1.807) is 12.1 Å². The van der Waals surface area contributed by atoms with Gasteiger partial charge in [-0.2, -0.15) is 0 Å². The summed E-state index contributed by atoms with van der Waals surface area (Å²) in [6, 6.07) is 5.56. The molecule has 0 aromatic heterocycles. The van der Waals surface area contributed by atoms with E-state index in [1.165, 1.54) is 0 Å². The van der Waals surface area contributed by atoms with Crippen molar-refractivity contribution in [1.82, 2.24) is 4.90 Å². The van der Waals surface area contributed by atoms with E-state index < -0.39 is 0 Å². The fourth-order valence-electron chi connectivity index (χ4n) is 2.66. The number of carbonyl (C=O) groups excluding carboxylic acids is 1. The molecule has 1 aromatic rings. The van der Waals surface area contributed by atoms with Crippen LogP contribution in [0.2, 0.25) is 5.02 Å². The fraction of sp³-hybridized carbons (Fsp3) is 0.533. The summed E-state index contributed by atoms with van der Waals surface area (Å²) in [7, 11) is 0. The molecular weight excluding hydrogens is 262 g/mol. The number of nitrogens with zero attached hydrogens (tertiary/aromatic N) is 1. The summed E-state index contributed by atoms with van der Waals surface area (Å²) in [6.07, 6.45) is 3.82. The first-order chi connectivity index (χ1) is 9.13. The van der Waals surface area contributed by atoms with Crippen molar-refractivity contribution in [2.45, 2.75) is 38.6 Å². The molecule has 0 spiro atoms. The van der Waals surface area contributed by atoms with Gasteiger partial charge in [-0.15, -0.1) is 0 Å². The number of carbonyl (C=O) groups is 1. The van der Waals surface area contributed by atoms with E-state index in [4.69, 9.17) is 16.7 Å². The third-order valence-electron chi connectivity index (χ3n) is 3.76. The molecule has 1 aliphatic heterocycles. The van der Waals surface area contributed by atoms with Crippen LogP contribution in [0.25, 0.3) is 0 Å². The minimum Gasteiger partial charge on any atom is -0.396 e. The highest BCUT2D eigenvalue weighted by Gasteiger charge is 2.27. The molecular formula is C15H20ClNO2. The van der Waals surface area contributed by atoms with Crippen LogP contribution in [0.1, 0.15) is 41.6 Å². The van der Waals surface area contributed by atoms with Gasteiger partial charge < -0.3 is 10.0 Å². The van der Waals surface area contributed by atoms with Gasteiger partial charge in [0.1, 0.15) is 0 Å². The number of aliphatic hydroxyl groups excluding tert-OH is 1. The minimum absolute atomic E-state index is 0.0536. The van der Waals surface area contributed by atoms with Gasteiger partial charge in [0.2, 0.25) is 0 Å². The van der Waals surface area contributed by atoms with Crippen molar-refractivity contribution in [3.05, 3.63) is 34.3 Å². The summed E-state index contributed by atoms with van der Waals surface area (Å²) < 4.78 is 0. The molecule has 0 radical (unpaired) electrons. The van der Waals surface area contributed by atoms with Gasteiger partial charge in [0.15, 0.2) is 0 Å². The number of hydrogen-bond donors (Lipinski definition) is 1. The molecule has 1 heterocycles. The lowest BCUT2D eigenvalue weighted by Crippen LogP contribution is -2.44. The highest BCUT2D eigenvalue weighted by atomic mass is 35.5. The second kappa shape index (κ2) is 6.40. The van der Waals surface area contributed by atoms with Gasteiger partial charge in [0, 0.05) is 29.8 Å². The zero-order valence-electron chi connectivity index (χ0n) is 11.2. The van der Waals surface area contributed by atoms with Crippen LogP contribution in [0.5, 0.6) is 0 Å². The lowest BCUT2D eigenvalue weighted by atomic mass is 9.98. The molecule has 1 unspecified atom stereocenters. The Morgan fingerprint density at radius 3 is 2.95 bits per heavy atom. The number of benzene rings is 1. The molecule has 1 atom stereocenters. The number of likely N-dealkylation sites (tertiary alicyclic amines) is 1. The predicted molar refractivity (Wildman–Crippen MR) is 76.6 cm³/mol. The smallest absolute Gasteiger partial charge is 0.254 e. The van der Waals surface area contributed by atoms with Gasteiger partial charge in [-0.3, -0.25) is 4.79 Å². The van der Waals surface area contributed by atoms with Gasteiger partial charge in [-0.25, -0.2) is 0 Å². The van der Waals surface area contributed by atoms with Crippen molar-refractivity contribution in [1.29, 1.82) is 0 Å². The van der Waals surface area contributed by atoms with Gasteiger partial charge >= 0.3 is 0 Å². The van der Waals surface area contributed by atoms with Crippen molar-refractivity contribution in [3.8, 4) is 0 Å². The maximum atomic E-state index is 12.5. The van der Waals surface area contributed by atoms with E-state index >= 15 is 0 Å². The Morgan fingerprint density at radius 2 is 2.26 bits per heavy atom. The lowest BCUT2D eigenvalue weighted by molar-refractivity contribution is 0.0574. The summed E-state index contributed by atoms with van der Waals surface area (Å²) in [5.74, 6) is 0.0536. The Morgan fingerprint density at radius 1 is 1.47 bits per heavy atom. The summed E-state index contributed by atoms with van der Waals surface area (Å²) in [5, 5.41) is 9.80.